The van der Waals surface area contributed by atoms with Crippen LogP contribution in [0.25, 0.3) is 0 Å². The summed E-state index contributed by atoms with van der Waals surface area (Å²) in [7, 11) is 0. The summed E-state index contributed by atoms with van der Waals surface area (Å²) in [5, 5.41) is 0. The Balaban J connectivity index is 2.13. The van der Waals surface area contributed by atoms with Crippen molar-refractivity contribution in [2.75, 3.05) is 0 Å². The van der Waals surface area contributed by atoms with Gasteiger partial charge in [-0.05, 0) is 118 Å². The zero-order valence-electron chi connectivity index (χ0n) is 26.9. The van der Waals surface area contributed by atoms with Crippen molar-refractivity contribution in [1.29, 1.82) is 0 Å². The fourth-order valence-electron chi connectivity index (χ4n) is 8.89. The SMILES string of the molecule is CCC1CCC(CC(C)(C)C(F)(F)F)(CC(C)(CCCC2CCC(CC(C)C)(CC(C)C)CC2)C(F)(F)F)CC1. The minimum absolute atomic E-state index is 0.0154. The minimum Gasteiger partial charge on any atom is -0.171 e. The van der Waals surface area contributed by atoms with E-state index in [1.807, 2.05) is 0 Å². The Hall–Kier alpha value is -0.420. The maximum atomic E-state index is 14.7. The standard InChI is InChI=1S/C34H60F6/c1-9-27-12-19-32(20-13-27,23-29(6,7)33(35,36)37)24-30(8,34(38,39)40)16-10-11-28-14-17-31(18-15-28,21-25(2)3)22-26(4)5/h25-28H,9-24H2,1-8H3. The molecule has 2 aliphatic carbocycles. The predicted octanol–water partition coefficient (Wildman–Crippen LogP) is 12.9. The molecule has 1 unspecified atom stereocenters. The smallest absolute Gasteiger partial charge is 0.171 e. The highest BCUT2D eigenvalue weighted by Crippen LogP contribution is 2.60. The van der Waals surface area contributed by atoms with Gasteiger partial charge in [-0.15, -0.1) is 0 Å². The first-order valence-corrected chi connectivity index (χ1v) is 16.3. The average Bonchev–Trinajstić information content (AvgIpc) is 2.78. The van der Waals surface area contributed by atoms with Crippen LogP contribution in [0, 0.1) is 45.3 Å². The van der Waals surface area contributed by atoms with Gasteiger partial charge in [0, 0.05) is 0 Å². The van der Waals surface area contributed by atoms with Gasteiger partial charge < -0.3 is 0 Å². The molecule has 2 aliphatic rings. The molecule has 0 aliphatic heterocycles. The van der Waals surface area contributed by atoms with Crippen LogP contribution in [0.3, 0.4) is 0 Å². The third-order valence-electron chi connectivity index (χ3n) is 11.0. The van der Waals surface area contributed by atoms with Crippen LogP contribution in [-0.4, -0.2) is 12.4 Å². The van der Waals surface area contributed by atoms with Crippen LogP contribution in [-0.2, 0) is 0 Å². The van der Waals surface area contributed by atoms with Crippen LogP contribution in [0.5, 0.6) is 0 Å². The fourth-order valence-corrected chi connectivity index (χ4v) is 8.89. The van der Waals surface area contributed by atoms with E-state index in [1.54, 1.807) is 0 Å². The van der Waals surface area contributed by atoms with Crippen molar-refractivity contribution < 1.29 is 26.3 Å². The Kier molecular flexibility index (Phi) is 12.1. The molecule has 0 spiro atoms. The Morgan fingerprint density at radius 1 is 0.650 bits per heavy atom. The first-order chi connectivity index (χ1) is 18.2. The zero-order valence-corrected chi connectivity index (χ0v) is 26.9. The van der Waals surface area contributed by atoms with Crippen molar-refractivity contribution in [3.8, 4) is 0 Å². The number of halogens is 6. The van der Waals surface area contributed by atoms with Crippen molar-refractivity contribution in [3.05, 3.63) is 0 Å². The van der Waals surface area contributed by atoms with Crippen LogP contribution >= 0.6 is 0 Å². The van der Waals surface area contributed by atoms with Gasteiger partial charge in [0.1, 0.15) is 0 Å². The van der Waals surface area contributed by atoms with Gasteiger partial charge in [0.05, 0.1) is 10.8 Å². The van der Waals surface area contributed by atoms with Gasteiger partial charge in [-0.2, -0.15) is 26.3 Å². The molecular formula is C34H60F6. The Morgan fingerprint density at radius 3 is 1.50 bits per heavy atom. The molecule has 0 radical (unpaired) electrons. The fraction of sp³-hybridized carbons (Fsp3) is 1.00. The van der Waals surface area contributed by atoms with Gasteiger partial charge in [-0.1, -0.05) is 74.7 Å². The molecule has 2 saturated carbocycles. The second-order valence-corrected chi connectivity index (χ2v) is 16.2. The molecule has 0 aromatic rings. The molecule has 238 valence electrons. The molecule has 0 aromatic carbocycles. The summed E-state index contributed by atoms with van der Waals surface area (Å²) in [6, 6.07) is 0. The van der Waals surface area contributed by atoms with Crippen LogP contribution < -0.4 is 0 Å². The third-order valence-corrected chi connectivity index (χ3v) is 11.0. The first-order valence-electron chi connectivity index (χ1n) is 16.3. The van der Waals surface area contributed by atoms with Crippen LogP contribution in [0.4, 0.5) is 26.3 Å². The minimum atomic E-state index is -4.43. The molecular weight excluding hydrogens is 522 g/mol. The van der Waals surface area contributed by atoms with Gasteiger partial charge in [0.2, 0.25) is 0 Å². The number of hydrogen-bond donors (Lipinski definition) is 0. The van der Waals surface area contributed by atoms with Gasteiger partial charge in [0.15, 0.2) is 0 Å². The molecule has 0 heterocycles. The van der Waals surface area contributed by atoms with Gasteiger partial charge in [0.25, 0.3) is 0 Å². The van der Waals surface area contributed by atoms with Crippen LogP contribution in [0.15, 0.2) is 0 Å². The maximum Gasteiger partial charge on any atom is 0.394 e. The lowest BCUT2D eigenvalue weighted by molar-refractivity contribution is -0.247. The zero-order chi connectivity index (χ0) is 30.6. The highest BCUT2D eigenvalue weighted by molar-refractivity contribution is 4.98. The van der Waals surface area contributed by atoms with Crippen molar-refractivity contribution in [1.82, 2.24) is 0 Å². The first kappa shape index (κ1) is 35.8. The number of hydrogen-bond acceptors (Lipinski definition) is 0. The molecule has 0 bridgehead atoms. The van der Waals surface area contributed by atoms with E-state index in [4.69, 9.17) is 0 Å². The summed E-state index contributed by atoms with van der Waals surface area (Å²) in [4.78, 5) is 0. The van der Waals surface area contributed by atoms with E-state index in [0.29, 0.717) is 48.3 Å². The lowest BCUT2D eigenvalue weighted by Crippen LogP contribution is -2.46. The van der Waals surface area contributed by atoms with Gasteiger partial charge in [-0.25, -0.2) is 0 Å². The Morgan fingerprint density at radius 2 is 1.10 bits per heavy atom. The molecule has 40 heavy (non-hydrogen) atoms. The number of alkyl halides is 6. The molecule has 2 rings (SSSR count). The van der Waals surface area contributed by atoms with Gasteiger partial charge in [-0.3, -0.25) is 0 Å². The molecule has 2 fully saturated rings. The molecule has 6 heteroatoms. The molecule has 1 atom stereocenters. The van der Waals surface area contributed by atoms with E-state index < -0.39 is 28.6 Å². The quantitative estimate of drug-likeness (QED) is 0.189. The van der Waals surface area contributed by atoms with E-state index in [2.05, 4.69) is 34.6 Å². The van der Waals surface area contributed by atoms with Crippen molar-refractivity contribution in [2.45, 2.75) is 170 Å². The monoisotopic (exact) mass is 582 g/mol. The van der Waals surface area contributed by atoms with Crippen molar-refractivity contribution in [3.63, 3.8) is 0 Å². The summed E-state index contributed by atoms with van der Waals surface area (Å²) in [5.41, 5.74) is -4.51. The van der Waals surface area contributed by atoms with E-state index in [0.717, 1.165) is 38.5 Å². The number of rotatable bonds is 13. The van der Waals surface area contributed by atoms with E-state index in [-0.39, 0.29) is 19.3 Å². The second kappa shape index (κ2) is 13.5. The Bertz CT molecular complexity index is 733. The maximum absolute atomic E-state index is 14.7. The summed E-state index contributed by atoms with van der Waals surface area (Å²) < 4.78 is 86.0. The average molecular weight is 583 g/mol. The molecule has 0 nitrogen and oxygen atoms in total. The van der Waals surface area contributed by atoms with Gasteiger partial charge >= 0.3 is 12.4 Å². The molecule has 0 saturated heterocycles. The highest BCUT2D eigenvalue weighted by atomic mass is 19.4. The second-order valence-electron chi connectivity index (χ2n) is 16.2. The van der Waals surface area contributed by atoms with Crippen LogP contribution in [0.1, 0.15) is 158 Å². The predicted molar refractivity (Wildman–Crippen MR) is 155 cm³/mol. The highest BCUT2D eigenvalue weighted by Gasteiger charge is 2.58. The lowest BCUT2D eigenvalue weighted by Gasteiger charge is -2.49. The summed E-state index contributed by atoms with van der Waals surface area (Å²) in [5.74, 6) is 2.15. The molecule has 0 N–H and O–H groups in total. The van der Waals surface area contributed by atoms with Crippen molar-refractivity contribution in [2.24, 2.45) is 45.3 Å². The topological polar surface area (TPSA) is 0 Å². The van der Waals surface area contributed by atoms with Crippen LogP contribution in [0.2, 0.25) is 0 Å². The molecule has 0 aromatic heterocycles. The van der Waals surface area contributed by atoms with E-state index >= 15 is 0 Å². The largest absolute Gasteiger partial charge is 0.394 e. The van der Waals surface area contributed by atoms with E-state index in [9.17, 15) is 26.3 Å². The Labute approximate surface area is 242 Å². The van der Waals surface area contributed by atoms with Crippen molar-refractivity contribution >= 4 is 0 Å². The normalized spacial score (nSPS) is 26.9. The molecule has 0 amide bonds. The third kappa shape index (κ3) is 9.55. The summed E-state index contributed by atoms with van der Waals surface area (Å²) in [6.45, 7) is 14.8. The summed E-state index contributed by atoms with van der Waals surface area (Å²) >= 11 is 0. The van der Waals surface area contributed by atoms with E-state index in [1.165, 1.54) is 46.5 Å². The lowest BCUT2D eigenvalue weighted by atomic mass is 9.56. The summed E-state index contributed by atoms with van der Waals surface area (Å²) in [6.07, 6.45) is 2.32.